The molecule has 3 aliphatic rings. The zero-order valence-electron chi connectivity index (χ0n) is 19.1. The van der Waals surface area contributed by atoms with Gasteiger partial charge in [-0.1, -0.05) is 35.5 Å². The molecule has 1 aromatic heterocycles. The van der Waals surface area contributed by atoms with E-state index in [-0.39, 0.29) is 5.91 Å². The van der Waals surface area contributed by atoms with Crippen molar-refractivity contribution in [1.82, 2.24) is 29.7 Å². The molecule has 0 unspecified atom stereocenters. The van der Waals surface area contributed by atoms with Gasteiger partial charge in [0, 0.05) is 32.2 Å². The number of aromatic nitrogens is 3. The summed E-state index contributed by atoms with van der Waals surface area (Å²) in [5.74, 6) is 0.0456. The number of piperidine rings is 2. The summed E-state index contributed by atoms with van der Waals surface area (Å²) in [5, 5.41) is 8.59. The third-order valence-corrected chi connectivity index (χ3v) is 7.56. The lowest BCUT2D eigenvalue weighted by Gasteiger charge is -2.42. The lowest BCUT2D eigenvalue weighted by molar-refractivity contribution is 0.0711. The van der Waals surface area contributed by atoms with Crippen LogP contribution in [0.4, 0.5) is 0 Å². The Morgan fingerprint density at radius 1 is 0.906 bits per heavy atom. The Morgan fingerprint density at radius 3 is 2.47 bits per heavy atom. The molecule has 1 atom stereocenters. The molecule has 0 radical (unpaired) electrons. The largest absolute Gasteiger partial charge is 0.337 e. The van der Waals surface area contributed by atoms with E-state index in [1.54, 1.807) is 0 Å². The van der Waals surface area contributed by atoms with Crippen LogP contribution in [0.2, 0.25) is 0 Å². The molecule has 2 aromatic rings. The molecule has 0 N–H and O–H groups in total. The third-order valence-electron chi connectivity index (χ3n) is 7.56. The minimum absolute atomic E-state index is 0.0456. The van der Waals surface area contributed by atoms with Crippen LogP contribution in [0.3, 0.4) is 0 Å². The Balaban J connectivity index is 1.11. The molecule has 3 saturated heterocycles. The predicted molar refractivity (Wildman–Crippen MR) is 125 cm³/mol. The fraction of sp³-hybridized carbons (Fsp3) is 0.640. The summed E-state index contributed by atoms with van der Waals surface area (Å²) < 4.78 is 1.96. The molecule has 172 valence electrons. The minimum Gasteiger partial charge on any atom is -0.337 e. The van der Waals surface area contributed by atoms with E-state index in [0.717, 1.165) is 51.9 Å². The molecule has 3 aliphatic heterocycles. The van der Waals surface area contributed by atoms with Gasteiger partial charge in [-0.25, -0.2) is 4.68 Å². The van der Waals surface area contributed by atoms with Gasteiger partial charge >= 0.3 is 0 Å². The molecule has 3 fully saturated rings. The van der Waals surface area contributed by atoms with Crippen molar-refractivity contribution in [2.75, 3.05) is 45.8 Å². The zero-order valence-corrected chi connectivity index (χ0v) is 19.1. The Labute approximate surface area is 191 Å². The predicted octanol–water partition coefficient (Wildman–Crippen LogP) is 2.86. The number of benzene rings is 1. The number of rotatable bonds is 6. The van der Waals surface area contributed by atoms with E-state index >= 15 is 0 Å². The Morgan fingerprint density at radius 2 is 1.69 bits per heavy atom. The molecule has 4 heterocycles. The smallest absolute Gasteiger partial charge is 0.276 e. The average molecular weight is 437 g/mol. The van der Waals surface area contributed by atoms with Gasteiger partial charge in [-0.2, -0.15) is 0 Å². The molecule has 0 saturated carbocycles. The van der Waals surface area contributed by atoms with Crippen molar-refractivity contribution in [1.29, 1.82) is 0 Å². The van der Waals surface area contributed by atoms with Crippen LogP contribution in [0.15, 0.2) is 36.5 Å². The number of likely N-dealkylation sites (tertiary alicyclic amines) is 3. The molecule has 7 heteroatoms. The molecule has 1 aromatic carbocycles. The summed E-state index contributed by atoms with van der Waals surface area (Å²) in [6.45, 7) is 7.45. The average Bonchev–Trinajstić information content (AvgIpc) is 3.56. The number of hydrogen-bond acceptors (Lipinski definition) is 5. The second-order valence-electron chi connectivity index (χ2n) is 9.68. The maximum Gasteiger partial charge on any atom is 0.276 e. The van der Waals surface area contributed by atoms with Crippen LogP contribution in [-0.4, -0.2) is 87.5 Å². The van der Waals surface area contributed by atoms with E-state index in [1.165, 1.54) is 44.5 Å². The van der Waals surface area contributed by atoms with Crippen molar-refractivity contribution in [3.05, 3.63) is 47.8 Å². The maximum atomic E-state index is 12.6. The molecule has 0 bridgehead atoms. The Kier molecular flexibility index (Phi) is 6.83. The summed E-state index contributed by atoms with van der Waals surface area (Å²) in [6.07, 6.45) is 10.0. The van der Waals surface area contributed by atoms with Crippen molar-refractivity contribution in [2.24, 2.45) is 0 Å². The maximum absolute atomic E-state index is 12.6. The third kappa shape index (κ3) is 5.04. The number of hydrogen-bond donors (Lipinski definition) is 0. The second kappa shape index (κ2) is 10.1. The normalized spacial score (nSPS) is 23.6. The van der Waals surface area contributed by atoms with Crippen molar-refractivity contribution in [3.8, 4) is 0 Å². The van der Waals surface area contributed by atoms with Gasteiger partial charge in [0.15, 0.2) is 5.69 Å². The minimum atomic E-state index is 0.0456. The highest BCUT2D eigenvalue weighted by molar-refractivity contribution is 5.92. The van der Waals surface area contributed by atoms with Gasteiger partial charge in [0.2, 0.25) is 0 Å². The van der Waals surface area contributed by atoms with E-state index < -0.39 is 0 Å². The summed E-state index contributed by atoms with van der Waals surface area (Å²) in [4.78, 5) is 19.8. The first kappa shape index (κ1) is 21.6. The van der Waals surface area contributed by atoms with Crippen LogP contribution in [0.5, 0.6) is 0 Å². The summed E-state index contributed by atoms with van der Waals surface area (Å²) in [7, 11) is 0. The monoisotopic (exact) mass is 436 g/mol. The van der Waals surface area contributed by atoms with Crippen LogP contribution in [0.1, 0.15) is 60.6 Å². The zero-order chi connectivity index (χ0) is 21.8. The first-order chi connectivity index (χ1) is 15.8. The van der Waals surface area contributed by atoms with Crippen molar-refractivity contribution in [3.63, 3.8) is 0 Å². The number of carbonyl (C=O) groups excluding carboxylic acids is 1. The summed E-state index contributed by atoms with van der Waals surface area (Å²) >= 11 is 0. The van der Waals surface area contributed by atoms with Crippen molar-refractivity contribution < 1.29 is 4.79 Å². The topological polar surface area (TPSA) is 57.5 Å². The van der Waals surface area contributed by atoms with Gasteiger partial charge in [0.1, 0.15) is 0 Å². The number of carbonyl (C=O) groups is 1. The fourth-order valence-electron chi connectivity index (χ4n) is 5.61. The highest BCUT2D eigenvalue weighted by atomic mass is 16.2. The van der Waals surface area contributed by atoms with E-state index in [2.05, 4.69) is 50.4 Å². The lowest BCUT2D eigenvalue weighted by Crippen LogP contribution is -2.49. The van der Waals surface area contributed by atoms with Crippen LogP contribution in [0.25, 0.3) is 0 Å². The Bertz CT molecular complexity index is 870. The van der Waals surface area contributed by atoms with E-state index in [9.17, 15) is 4.79 Å². The molecule has 7 nitrogen and oxygen atoms in total. The van der Waals surface area contributed by atoms with Crippen LogP contribution < -0.4 is 0 Å². The molecule has 5 rings (SSSR count). The van der Waals surface area contributed by atoms with Crippen LogP contribution in [0, 0.1) is 0 Å². The van der Waals surface area contributed by atoms with Crippen LogP contribution in [-0.2, 0) is 6.42 Å². The molecule has 0 aliphatic carbocycles. The second-order valence-corrected chi connectivity index (χ2v) is 9.68. The van der Waals surface area contributed by atoms with Crippen molar-refractivity contribution in [2.45, 2.75) is 57.0 Å². The Hall–Kier alpha value is -2.25. The van der Waals surface area contributed by atoms with Gasteiger partial charge in [0.05, 0.1) is 12.2 Å². The number of nitrogens with zero attached hydrogens (tertiary/aromatic N) is 6. The van der Waals surface area contributed by atoms with Crippen LogP contribution >= 0.6 is 0 Å². The van der Waals surface area contributed by atoms with E-state index in [4.69, 9.17) is 0 Å². The van der Waals surface area contributed by atoms with E-state index in [0.29, 0.717) is 17.8 Å². The summed E-state index contributed by atoms with van der Waals surface area (Å²) in [5.41, 5.74) is 1.94. The fourth-order valence-corrected chi connectivity index (χ4v) is 5.61. The van der Waals surface area contributed by atoms with E-state index in [1.807, 2.05) is 15.8 Å². The van der Waals surface area contributed by atoms with Gasteiger partial charge in [0.25, 0.3) is 5.91 Å². The molecular weight excluding hydrogens is 400 g/mol. The summed E-state index contributed by atoms with van der Waals surface area (Å²) in [6, 6.07) is 11.8. The molecule has 0 spiro atoms. The SMILES string of the molecule is O=C(c1cn([C@@H]2CCCN(C3CCN(CCc4ccccc4)CC3)C2)nn1)N1CCCC1. The molecule has 1 amide bonds. The van der Waals surface area contributed by atoms with Gasteiger partial charge in [-0.3, -0.25) is 9.69 Å². The highest BCUT2D eigenvalue weighted by Gasteiger charge is 2.31. The first-order valence-corrected chi connectivity index (χ1v) is 12.5. The first-order valence-electron chi connectivity index (χ1n) is 12.5. The van der Waals surface area contributed by atoms with Gasteiger partial charge < -0.3 is 9.80 Å². The highest BCUT2D eigenvalue weighted by Crippen LogP contribution is 2.26. The van der Waals surface area contributed by atoms with Gasteiger partial charge in [-0.05, 0) is 70.1 Å². The lowest BCUT2D eigenvalue weighted by atomic mass is 9.97. The molecular formula is C25H36N6O. The number of amides is 1. The molecule has 32 heavy (non-hydrogen) atoms. The standard InChI is InChI=1S/C25H36N6O/c32-25(29-13-4-5-14-29)24-20-31(27-26-24)23-9-6-15-30(19-23)22-11-17-28(18-12-22)16-10-21-7-2-1-3-8-21/h1-3,7-8,20,22-23H,4-6,9-19H2/t23-/m1/s1. The van der Waals surface area contributed by atoms with Gasteiger partial charge in [-0.15, -0.1) is 5.10 Å². The van der Waals surface area contributed by atoms with Crippen molar-refractivity contribution >= 4 is 5.91 Å². The quantitative estimate of drug-likeness (QED) is 0.697.